The van der Waals surface area contributed by atoms with E-state index in [4.69, 9.17) is 9.84 Å². The number of carbonyl (C=O) groups is 1. The van der Waals surface area contributed by atoms with Gasteiger partial charge in [-0.15, -0.1) is 0 Å². The minimum atomic E-state index is -0.857. The van der Waals surface area contributed by atoms with E-state index in [1.165, 1.54) is 6.33 Å². The average Bonchev–Trinajstić information content (AvgIpc) is 2.27. The summed E-state index contributed by atoms with van der Waals surface area (Å²) in [5.41, 5.74) is -0.850. The van der Waals surface area contributed by atoms with Crippen LogP contribution >= 0.6 is 0 Å². The highest BCUT2D eigenvalue weighted by Gasteiger charge is 2.26. The zero-order valence-corrected chi connectivity index (χ0v) is 10.2. The van der Waals surface area contributed by atoms with Gasteiger partial charge < -0.3 is 15.2 Å². The van der Waals surface area contributed by atoms with Crippen LogP contribution in [0.2, 0.25) is 0 Å². The van der Waals surface area contributed by atoms with E-state index in [-0.39, 0.29) is 6.54 Å². The summed E-state index contributed by atoms with van der Waals surface area (Å²) in [5, 5.41) is 11.9. The highest BCUT2D eigenvalue weighted by atomic mass is 16.5. The van der Waals surface area contributed by atoms with Crippen LogP contribution in [0.4, 0.5) is 5.82 Å². The molecule has 0 aliphatic carbocycles. The molecule has 1 aromatic heterocycles. The number of hydrogen-bond donors (Lipinski definition) is 2. The molecule has 0 spiro atoms. The van der Waals surface area contributed by atoms with Crippen LogP contribution in [0.1, 0.15) is 20.8 Å². The normalized spacial score (nSPS) is 11.0. The molecule has 0 unspecified atom stereocenters. The summed E-state index contributed by atoms with van der Waals surface area (Å²) in [5.74, 6) is 0.167. The van der Waals surface area contributed by atoms with E-state index in [0.29, 0.717) is 18.3 Å². The van der Waals surface area contributed by atoms with E-state index in [1.807, 2.05) is 6.92 Å². The van der Waals surface area contributed by atoms with Crippen molar-refractivity contribution in [3.63, 3.8) is 0 Å². The van der Waals surface area contributed by atoms with Crippen molar-refractivity contribution in [2.45, 2.75) is 20.8 Å². The topological polar surface area (TPSA) is 84.3 Å². The quantitative estimate of drug-likeness (QED) is 0.780. The van der Waals surface area contributed by atoms with Crippen LogP contribution in [0.3, 0.4) is 0 Å². The van der Waals surface area contributed by atoms with Crippen molar-refractivity contribution in [3.05, 3.63) is 12.4 Å². The van der Waals surface area contributed by atoms with Crippen molar-refractivity contribution in [1.82, 2.24) is 9.97 Å². The van der Waals surface area contributed by atoms with Gasteiger partial charge in [0, 0.05) is 12.6 Å². The van der Waals surface area contributed by atoms with E-state index in [2.05, 4.69) is 15.3 Å². The van der Waals surface area contributed by atoms with E-state index < -0.39 is 11.4 Å². The molecular formula is C11H17N3O3. The maximum Gasteiger partial charge on any atom is 0.310 e. The Kier molecular flexibility index (Phi) is 4.25. The van der Waals surface area contributed by atoms with Gasteiger partial charge in [0.2, 0.25) is 5.88 Å². The molecule has 17 heavy (non-hydrogen) atoms. The lowest BCUT2D eigenvalue weighted by atomic mass is 9.94. The average molecular weight is 239 g/mol. The van der Waals surface area contributed by atoms with Gasteiger partial charge in [-0.3, -0.25) is 4.79 Å². The molecule has 0 aromatic carbocycles. The lowest BCUT2D eigenvalue weighted by Gasteiger charge is -2.19. The van der Waals surface area contributed by atoms with Gasteiger partial charge in [0.25, 0.3) is 0 Å². The summed E-state index contributed by atoms with van der Waals surface area (Å²) in [6.07, 6.45) is 1.38. The number of carboxylic acids is 1. The summed E-state index contributed by atoms with van der Waals surface area (Å²) in [6, 6.07) is 1.64. The van der Waals surface area contributed by atoms with Gasteiger partial charge in [0.1, 0.15) is 12.1 Å². The summed E-state index contributed by atoms with van der Waals surface area (Å²) >= 11 is 0. The lowest BCUT2D eigenvalue weighted by Crippen LogP contribution is -2.32. The van der Waals surface area contributed by atoms with Gasteiger partial charge in [-0.25, -0.2) is 9.97 Å². The van der Waals surface area contributed by atoms with Crippen LogP contribution in [0.15, 0.2) is 12.4 Å². The summed E-state index contributed by atoms with van der Waals surface area (Å²) in [6.45, 7) is 5.96. The van der Waals surface area contributed by atoms with Crippen LogP contribution in [0, 0.1) is 5.41 Å². The number of nitrogens with one attached hydrogen (secondary N) is 1. The fraction of sp³-hybridized carbons (Fsp3) is 0.545. The number of nitrogens with zero attached hydrogens (tertiary/aromatic N) is 2. The Morgan fingerprint density at radius 3 is 2.82 bits per heavy atom. The molecule has 1 rings (SSSR count). The fourth-order valence-electron chi connectivity index (χ4n) is 1.05. The zero-order valence-electron chi connectivity index (χ0n) is 10.2. The minimum Gasteiger partial charge on any atom is -0.481 e. The Morgan fingerprint density at radius 2 is 2.24 bits per heavy atom. The zero-order chi connectivity index (χ0) is 12.9. The van der Waals surface area contributed by atoms with Gasteiger partial charge in [-0.05, 0) is 20.8 Å². The third kappa shape index (κ3) is 3.90. The van der Waals surface area contributed by atoms with E-state index in [9.17, 15) is 4.79 Å². The van der Waals surface area contributed by atoms with Gasteiger partial charge >= 0.3 is 5.97 Å². The van der Waals surface area contributed by atoms with Crippen LogP contribution in [-0.4, -0.2) is 34.2 Å². The second kappa shape index (κ2) is 5.47. The van der Waals surface area contributed by atoms with Gasteiger partial charge in [-0.1, -0.05) is 0 Å². The molecule has 6 nitrogen and oxygen atoms in total. The predicted molar refractivity (Wildman–Crippen MR) is 63.1 cm³/mol. The van der Waals surface area contributed by atoms with Crippen LogP contribution in [0.25, 0.3) is 0 Å². The number of carboxylic acid groups (broad SMARTS) is 1. The molecule has 1 aromatic rings. The smallest absolute Gasteiger partial charge is 0.310 e. The first-order chi connectivity index (χ1) is 7.95. The standard InChI is InChI=1S/C11H17N3O3/c1-4-17-9-5-8(13-7-14-9)12-6-11(2,3)10(15)16/h5,7H,4,6H2,1-3H3,(H,15,16)(H,12,13,14). The van der Waals surface area contributed by atoms with Crippen molar-refractivity contribution in [3.8, 4) is 5.88 Å². The number of anilines is 1. The first kappa shape index (κ1) is 13.2. The Bertz CT molecular complexity index is 393. The molecular weight excluding hydrogens is 222 g/mol. The summed E-state index contributed by atoms with van der Waals surface area (Å²) < 4.78 is 5.22. The molecule has 0 atom stereocenters. The number of hydrogen-bond acceptors (Lipinski definition) is 5. The minimum absolute atomic E-state index is 0.283. The van der Waals surface area contributed by atoms with Gasteiger partial charge in [-0.2, -0.15) is 0 Å². The Morgan fingerprint density at radius 1 is 1.53 bits per heavy atom. The third-order valence-electron chi connectivity index (χ3n) is 2.22. The van der Waals surface area contributed by atoms with Crippen molar-refractivity contribution in [2.24, 2.45) is 5.41 Å². The van der Waals surface area contributed by atoms with Crippen LogP contribution < -0.4 is 10.1 Å². The molecule has 1 heterocycles. The molecule has 0 aliphatic heterocycles. The lowest BCUT2D eigenvalue weighted by molar-refractivity contribution is -0.146. The van der Waals surface area contributed by atoms with E-state index >= 15 is 0 Å². The number of aliphatic carboxylic acids is 1. The second-order valence-corrected chi connectivity index (χ2v) is 4.22. The monoisotopic (exact) mass is 239 g/mol. The summed E-state index contributed by atoms with van der Waals surface area (Å²) in [4.78, 5) is 18.8. The molecule has 0 amide bonds. The van der Waals surface area contributed by atoms with Crippen molar-refractivity contribution in [2.75, 3.05) is 18.5 Å². The van der Waals surface area contributed by atoms with E-state index in [0.717, 1.165) is 0 Å². The first-order valence-electron chi connectivity index (χ1n) is 5.38. The van der Waals surface area contributed by atoms with Crippen molar-refractivity contribution >= 4 is 11.8 Å². The molecule has 6 heteroatoms. The predicted octanol–water partition coefficient (Wildman–Crippen LogP) is 1.40. The molecule has 0 saturated carbocycles. The van der Waals surface area contributed by atoms with Crippen molar-refractivity contribution in [1.29, 1.82) is 0 Å². The molecule has 0 fully saturated rings. The largest absolute Gasteiger partial charge is 0.481 e. The Balaban J connectivity index is 2.63. The van der Waals surface area contributed by atoms with Crippen LogP contribution in [0.5, 0.6) is 5.88 Å². The maximum atomic E-state index is 10.9. The molecule has 0 aliphatic rings. The van der Waals surface area contributed by atoms with Crippen LogP contribution in [-0.2, 0) is 4.79 Å². The van der Waals surface area contributed by atoms with E-state index in [1.54, 1.807) is 19.9 Å². The Hall–Kier alpha value is -1.85. The Labute approximate surface area is 100 Å². The molecule has 0 radical (unpaired) electrons. The SMILES string of the molecule is CCOc1cc(NCC(C)(C)C(=O)O)ncn1. The number of ether oxygens (including phenoxy) is 1. The molecule has 2 N–H and O–H groups in total. The third-order valence-corrected chi connectivity index (χ3v) is 2.22. The molecule has 94 valence electrons. The fourth-order valence-corrected chi connectivity index (χ4v) is 1.05. The number of aromatic nitrogens is 2. The summed E-state index contributed by atoms with van der Waals surface area (Å²) in [7, 11) is 0. The second-order valence-electron chi connectivity index (χ2n) is 4.22. The maximum absolute atomic E-state index is 10.9. The molecule has 0 saturated heterocycles. The van der Waals surface area contributed by atoms with Gasteiger partial charge in [0.15, 0.2) is 0 Å². The number of rotatable bonds is 6. The highest BCUT2D eigenvalue weighted by molar-refractivity contribution is 5.74. The van der Waals surface area contributed by atoms with Gasteiger partial charge in [0.05, 0.1) is 12.0 Å². The first-order valence-corrected chi connectivity index (χ1v) is 5.38. The molecule has 0 bridgehead atoms. The van der Waals surface area contributed by atoms with Crippen molar-refractivity contribution < 1.29 is 14.6 Å². The highest BCUT2D eigenvalue weighted by Crippen LogP contribution is 2.17.